The number of hydrogen-bond donors (Lipinski definition) is 1. The van der Waals surface area contributed by atoms with E-state index in [1.165, 1.54) is 29.3 Å². The van der Waals surface area contributed by atoms with E-state index in [4.69, 9.17) is 9.15 Å². The first-order valence-corrected chi connectivity index (χ1v) is 13.1. The summed E-state index contributed by atoms with van der Waals surface area (Å²) in [6.07, 6.45) is 5.25. The zero-order valence-electron chi connectivity index (χ0n) is 19.0. The minimum absolute atomic E-state index is 0.0247. The summed E-state index contributed by atoms with van der Waals surface area (Å²) in [4.78, 5) is 26.9. The van der Waals surface area contributed by atoms with Gasteiger partial charge in [0.25, 0.3) is 10.0 Å². The molecule has 10 heteroatoms. The minimum atomic E-state index is -3.86. The molecular weight excluding hydrogens is 434 g/mol. The van der Waals surface area contributed by atoms with Gasteiger partial charge in [-0.2, -0.15) is 4.31 Å². The molecule has 1 aromatic heterocycles. The van der Waals surface area contributed by atoms with Gasteiger partial charge in [-0.1, -0.05) is 13.3 Å². The lowest BCUT2D eigenvalue weighted by Gasteiger charge is -2.34. The van der Waals surface area contributed by atoms with E-state index in [0.717, 1.165) is 32.5 Å². The van der Waals surface area contributed by atoms with Crippen LogP contribution in [0.3, 0.4) is 0 Å². The molecule has 1 amide bonds. The molecule has 3 rings (SSSR count). The Labute approximate surface area is 190 Å². The van der Waals surface area contributed by atoms with E-state index in [1.54, 1.807) is 6.92 Å². The maximum Gasteiger partial charge on any atom is 0.374 e. The summed E-state index contributed by atoms with van der Waals surface area (Å²) in [6, 6.07) is 2.78. The van der Waals surface area contributed by atoms with Crippen LogP contribution in [0.1, 0.15) is 62.9 Å². The lowest BCUT2D eigenvalue weighted by molar-refractivity contribution is -0.127. The summed E-state index contributed by atoms with van der Waals surface area (Å²) in [6.45, 7) is 7.66. The number of furan rings is 1. The van der Waals surface area contributed by atoms with Crippen molar-refractivity contribution < 1.29 is 27.2 Å². The van der Waals surface area contributed by atoms with E-state index >= 15 is 0 Å². The summed E-state index contributed by atoms with van der Waals surface area (Å²) in [5.74, 6) is -0.996. The summed E-state index contributed by atoms with van der Waals surface area (Å²) < 4.78 is 37.1. The third-order valence-corrected chi connectivity index (χ3v) is 8.01. The van der Waals surface area contributed by atoms with Crippen molar-refractivity contribution in [3.8, 4) is 0 Å². The van der Waals surface area contributed by atoms with Gasteiger partial charge in [-0.3, -0.25) is 4.79 Å². The van der Waals surface area contributed by atoms with Gasteiger partial charge in [0, 0.05) is 38.1 Å². The molecule has 0 bridgehead atoms. The number of carbonyl (C=O) groups excluding carboxylic acids is 2. The molecule has 32 heavy (non-hydrogen) atoms. The monoisotopic (exact) mass is 469 g/mol. The first-order valence-electron chi connectivity index (χ1n) is 11.6. The van der Waals surface area contributed by atoms with E-state index < -0.39 is 16.0 Å². The predicted molar refractivity (Wildman–Crippen MR) is 119 cm³/mol. The van der Waals surface area contributed by atoms with E-state index in [1.807, 2.05) is 0 Å². The Morgan fingerprint density at radius 2 is 1.78 bits per heavy atom. The Morgan fingerprint density at radius 1 is 1.09 bits per heavy atom. The number of sulfonamides is 1. The molecule has 0 saturated carbocycles. The third kappa shape index (κ3) is 6.11. The van der Waals surface area contributed by atoms with Gasteiger partial charge in [-0.05, 0) is 57.7 Å². The van der Waals surface area contributed by atoms with Crippen molar-refractivity contribution in [2.75, 3.05) is 39.3 Å². The van der Waals surface area contributed by atoms with Gasteiger partial charge >= 0.3 is 5.97 Å². The van der Waals surface area contributed by atoms with Crippen LogP contribution in [0.5, 0.6) is 0 Å². The van der Waals surface area contributed by atoms with Crippen molar-refractivity contribution in [1.29, 1.82) is 0 Å². The first-order chi connectivity index (χ1) is 15.3. The van der Waals surface area contributed by atoms with Crippen LogP contribution >= 0.6 is 0 Å². The molecule has 1 N–H and O–H groups in total. The Hall–Kier alpha value is -1.91. The maximum atomic E-state index is 12.9. The Kier molecular flexibility index (Phi) is 8.72. The molecule has 180 valence electrons. The molecule has 2 aliphatic rings. The van der Waals surface area contributed by atoms with Gasteiger partial charge < -0.3 is 19.4 Å². The number of rotatable bonds is 9. The van der Waals surface area contributed by atoms with E-state index in [9.17, 15) is 18.0 Å². The molecule has 0 spiro atoms. The smallest absolute Gasteiger partial charge is 0.374 e. The van der Waals surface area contributed by atoms with Crippen LogP contribution in [0, 0.1) is 5.92 Å². The number of ether oxygens (including phenoxy) is 1. The van der Waals surface area contributed by atoms with Crippen molar-refractivity contribution in [2.45, 2.75) is 63.5 Å². The quantitative estimate of drug-likeness (QED) is 0.553. The molecule has 0 radical (unpaired) electrons. The standard InChI is InChI=1S/C22H35N3O6S/c1-3-5-12-24-13-10-18(11-14-24)23-21(26)17-8-15-25(16-9-17)32(28,29)20-7-6-19(31-20)22(27)30-4-2/h6-7,17-18H,3-5,8-16H2,1-2H3,(H,23,26). The first kappa shape index (κ1) is 24.7. The van der Waals surface area contributed by atoms with Crippen molar-refractivity contribution in [1.82, 2.24) is 14.5 Å². The Balaban J connectivity index is 1.47. The number of likely N-dealkylation sites (tertiary alicyclic amines) is 1. The molecule has 2 saturated heterocycles. The van der Waals surface area contributed by atoms with E-state index in [-0.39, 0.29) is 48.4 Å². The fraction of sp³-hybridized carbons (Fsp3) is 0.727. The highest BCUT2D eigenvalue weighted by atomic mass is 32.2. The predicted octanol–water partition coefficient (Wildman–Crippen LogP) is 2.24. The second-order valence-corrected chi connectivity index (χ2v) is 10.4. The van der Waals surface area contributed by atoms with Gasteiger partial charge in [0.2, 0.25) is 16.8 Å². The van der Waals surface area contributed by atoms with Gasteiger partial charge in [0.05, 0.1) is 6.61 Å². The third-order valence-electron chi connectivity index (χ3n) is 6.24. The SMILES string of the molecule is CCCCN1CCC(NC(=O)C2CCN(S(=O)(=O)c3ccc(C(=O)OCC)o3)CC2)CC1. The second-order valence-electron chi connectivity index (χ2n) is 8.50. The molecule has 9 nitrogen and oxygen atoms in total. The second kappa shape index (κ2) is 11.3. The molecule has 0 aliphatic carbocycles. The molecule has 1 aromatic rings. The number of esters is 1. The number of nitrogens with one attached hydrogen (secondary N) is 1. The van der Waals surface area contributed by atoms with Gasteiger partial charge in [-0.25, -0.2) is 13.2 Å². The summed E-state index contributed by atoms with van der Waals surface area (Å²) in [5.41, 5.74) is 0. The van der Waals surface area contributed by atoms with Crippen molar-refractivity contribution >= 4 is 21.9 Å². The Morgan fingerprint density at radius 3 is 2.41 bits per heavy atom. The average molecular weight is 470 g/mol. The topological polar surface area (TPSA) is 109 Å². The number of carbonyl (C=O) groups is 2. The molecule has 0 aromatic carbocycles. The molecule has 2 aliphatic heterocycles. The van der Waals surface area contributed by atoms with Crippen LogP contribution in [0.15, 0.2) is 21.6 Å². The average Bonchev–Trinajstić information content (AvgIpc) is 3.30. The molecule has 3 heterocycles. The van der Waals surface area contributed by atoms with Gasteiger partial charge in [0.15, 0.2) is 0 Å². The fourth-order valence-electron chi connectivity index (χ4n) is 4.26. The summed E-state index contributed by atoms with van der Waals surface area (Å²) in [7, 11) is -3.86. The van der Waals surface area contributed by atoms with Crippen LogP contribution in [0.4, 0.5) is 0 Å². The van der Waals surface area contributed by atoms with E-state index in [0.29, 0.717) is 12.8 Å². The van der Waals surface area contributed by atoms with Crippen molar-refractivity contribution in [3.63, 3.8) is 0 Å². The van der Waals surface area contributed by atoms with Crippen molar-refractivity contribution in [3.05, 3.63) is 17.9 Å². The zero-order chi connectivity index (χ0) is 23.1. The van der Waals surface area contributed by atoms with Crippen LogP contribution in [-0.2, 0) is 19.6 Å². The maximum absolute atomic E-state index is 12.9. The normalized spacial score (nSPS) is 19.7. The largest absolute Gasteiger partial charge is 0.460 e. The minimum Gasteiger partial charge on any atom is -0.460 e. The fourth-order valence-corrected chi connectivity index (χ4v) is 5.64. The lowest BCUT2D eigenvalue weighted by atomic mass is 9.96. The number of piperidine rings is 2. The summed E-state index contributed by atoms with van der Waals surface area (Å²) in [5, 5.41) is 2.90. The number of nitrogens with zero attached hydrogens (tertiary/aromatic N) is 2. The van der Waals surface area contributed by atoms with Crippen molar-refractivity contribution in [2.24, 2.45) is 5.92 Å². The molecule has 0 atom stereocenters. The van der Waals surface area contributed by atoms with Crippen LogP contribution in [-0.4, -0.2) is 74.9 Å². The van der Waals surface area contributed by atoms with Crippen LogP contribution < -0.4 is 5.32 Å². The molecule has 2 fully saturated rings. The Bertz CT molecular complexity index is 868. The van der Waals surface area contributed by atoms with Gasteiger partial charge in [0.1, 0.15) is 0 Å². The highest BCUT2D eigenvalue weighted by Gasteiger charge is 2.35. The van der Waals surface area contributed by atoms with E-state index in [2.05, 4.69) is 17.1 Å². The highest BCUT2D eigenvalue weighted by Crippen LogP contribution is 2.26. The lowest BCUT2D eigenvalue weighted by Crippen LogP contribution is -2.48. The number of unbranched alkanes of at least 4 members (excludes halogenated alkanes) is 1. The van der Waals surface area contributed by atoms with Crippen LogP contribution in [0.2, 0.25) is 0 Å². The number of hydrogen-bond acceptors (Lipinski definition) is 7. The van der Waals surface area contributed by atoms with Gasteiger partial charge in [-0.15, -0.1) is 0 Å². The van der Waals surface area contributed by atoms with Crippen LogP contribution in [0.25, 0.3) is 0 Å². The highest BCUT2D eigenvalue weighted by molar-refractivity contribution is 7.89. The zero-order valence-corrected chi connectivity index (χ0v) is 19.9. The number of amides is 1. The summed E-state index contributed by atoms with van der Waals surface area (Å²) >= 11 is 0. The molecular formula is C22H35N3O6S. The molecule has 0 unspecified atom stereocenters.